The third-order valence-corrected chi connectivity index (χ3v) is 5.69. The number of fused-ring (bicyclic) bond motifs is 2. The van der Waals surface area contributed by atoms with Crippen LogP contribution in [-0.4, -0.2) is 18.4 Å². The number of para-hydroxylation sites is 2. The molecule has 5 heteroatoms. The summed E-state index contributed by atoms with van der Waals surface area (Å²) in [7, 11) is -3.35. The molecular weight excluding hydrogens is 332 g/mol. The number of aromatic nitrogens is 2. The molecule has 0 saturated heterocycles. The molecule has 4 rings (SSSR count). The van der Waals surface area contributed by atoms with Crippen LogP contribution >= 0.6 is 0 Å². The number of sulfone groups is 1. The maximum absolute atomic E-state index is 12.8. The summed E-state index contributed by atoms with van der Waals surface area (Å²) < 4.78 is 25.6. The maximum Gasteiger partial charge on any atom is 0.158 e. The van der Waals surface area contributed by atoms with Gasteiger partial charge in [-0.05, 0) is 23.3 Å². The lowest BCUT2D eigenvalue weighted by molar-refractivity contribution is 0.594. The van der Waals surface area contributed by atoms with E-state index in [9.17, 15) is 8.42 Å². The van der Waals surface area contributed by atoms with E-state index in [1.165, 1.54) is 0 Å². The molecule has 0 unspecified atom stereocenters. The molecule has 124 valence electrons. The van der Waals surface area contributed by atoms with E-state index in [1.807, 2.05) is 60.7 Å². The number of hydrogen-bond donors (Lipinski definition) is 0. The van der Waals surface area contributed by atoms with E-state index in [2.05, 4.69) is 9.97 Å². The fraction of sp³-hybridized carbons (Fsp3) is 0.100. The molecule has 0 aliphatic carbocycles. The highest BCUT2D eigenvalue weighted by molar-refractivity contribution is 7.89. The van der Waals surface area contributed by atoms with Crippen molar-refractivity contribution in [2.45, 2.75) is 11.5 Å². The summed E-state index contributed by atoms with van der Waals surface area (Å²) in [5.74, 6) is -0.0743. The van der Waals surface area contributed by atoms with Gasteiger partial charge in [0.1, 0.15) is 0 Å². The molecule has 0 spiro atoms. The van der Waals surface area contributed by atoms with Crippen LogP contribution in [0, 0.1) is 0 Å². The van der Waals surface area contributed by atoms with Gasteiger partial charge < -0.3 is 0 Å². The molecule has 4 nitrogen and oxygen atoms in total. The molecule has 0 aliphatic heterocycles. The Labute approximate surface area is 146 Å². The van der Waals surface area contributed by atoms with Crippen LogP contribution in [0.4, 0.5) is 0 Å². The number of hydrogen-bond acceptors (Lipinski definition) is 4. The molecule has 0 fully saturated rings. The van der Waals surface area contributed by atoms with Crippen molar-refractivity contribution in [3.8, 4) is 0 Å². The van der Waals surface area contributed by atoms with E-state index < -0.39 is 9.84 Å². The molecule has 0 saturated carbocycles. The van der Waals surface area contributed by atoms with Crippen molar-refractivity contribution in [2.75, 3.05) is 0 Å². The lowest BCUT2D eigenvalue weighted by Gasteiger charge is -2.09. The second-order valence-electron chi connectivity index (χ2n) is 6.02. The SMILES string of the molecule is O=S(=O)(Cc1cccc2cccnc12)Cc1cccc2cccnc12. The van der Waals surface area contributed by atoms with Crippen LogP contribution in [0.5, 0.6) is 0 Å². The molecule has 0 amide bonds. The standard InChI is InChI=1S/C20H16N2O2S/c23-25(24,13-17-7-1-5-15-9-3-11-21-19(15)17)14-18-8-2-6-16-10-4-12-22-20(16)18/h1-12H,13-14H2. The van der Waals surface area contributed by atoms with Crippen LogP contribution in [0.15, 0.2) is 73.1 Å². The summed E-state index contributed by atoms with van der Waals surface area (Å²) >= 11 is 0. The summed E-state index contributed by atoms with van der Waals surface area (Å²) in [6.45, 7) is 0. The van der Waals surface area contributed by atoms with Crippen molar-refractivity contribution in [2.24, 2.45) is 0 Å². The Morgan fingerprint density at radius 1 is 0.640 bits per heavy atom. The summed E-state index contributed by atoms with van der Waals surface area (Å²) in [5.41, 5.74) is 2.94. The Balaban J connectivity index is 1.70. The van der Waals surface area contributed by atoms with Gasteiger partial charge in [0.25, 0.3) is 0 Å². The second kappa shape index (κ2) is 6.26. The molecule has 0 N–H and O–H groups in total. The quantitative estimate of drug-likeness (QED) is 0.561. The van der Waals surface area contributed by atoms with E-state index in [-0.39, 0.29) is 11.5 Å². The first-order valence-corrected chi connectivity index (χ1v) is 9.80. The van der Waals surface area contributed by atoms with E-state index in [0.717, 1.165) is 32.9 Å². The monoisotopic (exact) mass is 348 g/mol. The van der Waals surface area contributed by atoms with Gasteiger partial charge in [0.05, 0.1) is 22.5 Å². The van der Waals surface area contributed by atoms with Gasteiger partial charge in [-0.3, -0.25) is 9.97 Å². The van der Waals surface area contributed by atoms with Gasteiger partial charge in [0, 0.05) is 23.2 Å². The largest absolute Gasteiger partial charge is 0.256 e. The molecule has 0 radical (unpaired) electrons. The van der Waals surface area contributed by atoms with E-state index in [4.69, 9.17) is 0 Å². The predicted octanol–water partition coefficient (Wildman–Crippen LogP) is 3.90. The molecule has 2 heterocycles. The Morgan fingerprint density at radius 2 is 1.08 bits per heavy atom. The van der Waals surface area contributed by atoms with E-state index >= 15 is 0 Å². The Bertz CT molecular complexity index is 1070. The normalized spacial score (nSPS) is 11.8. The van der Waals surface area contributed by atoms with Crippen molar-refractivity contribution < 1.29 is 8.42 Å². The molecular formula is C20H16N2O2S. The zero-order chi connectivity index (χ0) is 17.3. The van der Waals surface area contributed by atoms with Crippen LogP contribution < -0.4 is 0 Å². The number of pyridine rings is 2. The van der Waals surface area contributed by atoms with Crippen LogP contribution in [0.1, 0.15) is 11.1 Å². The summed E-state index contributed by atoms with van der Waals surface area (Å²) in [5, 5.41) is 1.89. The Hall–Kier alpha value is -2.79. The number of nitrogens with zero attached hydrogens (tertiary/aromatic N) is 2. The van der Waals surface area contributed by atoms with Crippen molar-refractivity contribution in [3.63, 3.8) is 0 Å². The van der Waals surface area contributed by atoms with Crippen LogP contribution in [0.2, 0.25) is 0 Å². The van der Waals surface area contributed by atoms with Gasteiger partial charge in [-0.2, -0.15) is 0 Å². The van der Waals surface area contributed by atoms with Crippen molar-refractivity contribution in [3.05, 3.63) is 84.2 Å². The van der Waals surface area contributed by atoms with Gasteiger partial charge in [0.15, 0.2) is 9.84 Å². The number of benzene rings is 2. The third-order valence-electron chi connectivity index (χ3n) is 4.18. The highest BCUT2D eigenvalue weighted by Crippen LogP contribution is 2.22. The third kappa shape index (κ3) is 3.23. The minimum Gasteiger partial charge on any atom is -0.256 e. The average molecular weight is 348 g/mol. The van der Waals surface area contributed by atoms with Crippen LogP contribution in [0.25, 0.3) is 21.8 Å². The van der Waals surface area contributed by atoms with Gasteiger partial charge in [-0.25, -0.2) is 8.42 Å². The molecule has 0 aliphatic rings. The maximum atomic E-state index is 12.8. The van der Waals surface area contributed by atoms with Crippen molar-refractivity contribution in [1.82, 2.24) is 9.97 Å². The topological polar surface area (TPSA) is 59.9 Å². The Morgan fingerprint density at radius 3 is 1.56 bits per heavy atom. The summed E-state index contributed by atoms with van der Waals surface area (Å²) in [6, 6.07) is 18.8. The van der Waals surface area contributed by atoms with Crippen molar-refractivity contribution >= 4 is 31.6 Å². The van der Waals surface area contributed by atoms with Gasteiger partial charge in [-0.15, -0.1) is 0 Å². The smallest absolute Gasteiger partial charge is 0.158 e. The minimum atomic E-state index is -3.35. The molecule has 4 aromatic rings. The van der Waals surface area contributed by atoms with E-state index in [1.54, 1.807) is 12.4 Å². The molecule has 25 heavy (non-hydrogen) atoms. The van der Waals surface area contributed by atoms with Crippen molar-refractivity contribution in [1.29, 1.82) is 0 Å². The first-order chi connectivity index (χ1) is 12.1. The minimum absolute atomic E-state index is 0.0371. The van der Waals surface area contributed by atoms with Gasteiger partial charge >= 0.3 is 0 Å². The number of rotatable bonds is 4. The zero-order valence-electron chi connectivity index (χ0n) is 13.5. The highest BCUT2D eigenvalue weighted by Gasteiger charge is 2.17. The van der Waals surface area contributed by atoms with Crippen LogP contribution in [0.3, 0.4) is 0 Å². The predicted molar refractivity (Wildman–Crippen MR) is 99.8 cm³/mol. The molecule has 0 atom stereocenters. The van der Waals surface area contributed by atoms with Gasteiger partial charge in [-0.1, -0.05) is 48.5 Å². The fourth-order valence-corrected chi connectivity index (χ4v) is 4.61. The van der Waals surface area contributed by atoms with Gasteiger partial charge in [0.2, 0.25) is 0 Å². The molecule has 2 aromatic heterocycles. The van der Waals surface area contributed by atoms with E-state index in [0.29, 0.717) is 0 Å². The first kappa shape index (κ1) is 15.7. The lowest BCUT2D eigenvalue weighted by Crippen LogP contribution is -2.09. The summed E-state index contributed by atoms with van der Waals surface area (Å²) in [6.07, 6.45) is 3.38. The Kier molecular flexibility index (Phi) is 3.93. The zero-order valence-corrected chi connectivity index (χ0v) is 14.3. The molecule has 2 aromatic carbocycles. The summed E-state index contributed by atoms with van der Waals surface area (Å²) in [4.78, 5) is 8.69. The fourth-order valence-electron chi connectivity index (χ4n) is 3.09. The lowest BCUT2D eigenvalue weighted by atomic mass is 10.1. The highest BCUT2D eigenvalue weighted by atomic mass is 32.2. The average Bonchev–Trinajstić information content (AvgIpc) is 2.62. The first-order valence-electron chi connectivity index (χ1n) is 7.98. The molecule has 0 bridgehead atoms. The van der Waals surface area contributed by atoms with Crippen LogP contribution in [-0.2, 0) is 21.3 Å². The second-order valence-corrected chi connectivity index (χ2v) is 8.08.